The van der Waals surface area contributed by atoms with Crippen LogP contribution >= 0.6 is 0 Å². The summed E-state index contributed by atoms with van der Waals surface area (Å²) < 4.78 is 5.18. The summed E-state index contributed by atoms with van der Waals surface area (Å²) in [6.45, 7) is 6.00. The lowest BCUT2D eigenvalue weighted by Gasteiger charge is -2.35. The number of benzene rings is 1. The van der Waals surface area contributed by atoms with Gasteiger partial charge >= 0.3 is 6.03 Å². The minimum absolute atomic E-state index is 0.0972. The highest BCUT2D eigenvalue weighted by molar-refractivity contribution is 5.97. The third-order valence-electron chi connectivity index (χ3n) is 4.82. The Bertz CT molecular complexity index is 618. The molecule has 2 rings (SSSR count). The first-order valence-corrected chi connectivity index (χ1v) is 9.52. The van der Waals surface area contributed by atoms with Gasteiger partial charge in [0.2, 0.25) is 0 Å². The fourth-order valence-corrected chi connectivity index (χ4v) is 3.25. The van der Waals surface area contributed by atoms with Gasteiger partial charge in [-0.3, -0.25) is 4.79 Å². The van der Waals surface area contributed by atoms with E-state index in [1.807, 2.05) is 24.8 Å². The number of amides is 3. The van der Waals surface area contributed by atoms with Gasteiger partial charge in [0.05, 0.1) is 0 Å². The molecule has 0 unspecified atom stereocenters. The van der Waals surface area contributed by atoms with Crippen LogP contribution in [0.3, 0.4) is 0 Å². The molecule has 3 amide bonds. The maximum atomic E-state index is 12.8. The highest BCUT2D eigenvalue weighted by atomic mass is 16.5. The molecule has 26 heavy (non-hydrogen) atoms. The highest BCUT2D eigenvalue weighted by Crippen LogP contribution is 2.23. The van der Waals surface area contributed by atoms with Crippen LogP contribution in [0.1, 0.15) is 54.9 Å². The Labute approximate surface area is 156 Å². The zero-order valence-corrected chi connectivity index (χ0v) is 16.1. The van der Waals surface area contributed by atoms with Gasteiger partial charge in [-0.05, 0) is 56.7 Å². The summed E-state index contributed by atoms with van der Waals surface area (Å²) in [5.41, 5.74) is 2.19. The fraction of sp³-hybridized carbons (Fsp3) is 0.600. The summed E-state index contributed by atoms with van der Waals surface area (Å²) in [6.07, 6.45) is 4.91. The molecule has 1 fully saturated rings. The molecule has 6 heteroatoms. The zero-order chi connectivity index (χ0) is 18.9. The summed E-state index contributed by atoms with van der Waals surface area (Å²) in [5.74, 6) is -0.113. The van der Waals surface area contributed by atoms with Gasteiger partial charge in [-0.2, -0.15) is 0 Å². The molecule has 0 aliphatic carbocycles. The molecular weight excluding hydrogens is 330 g/mol. The minimum Gasteiger partial charge on any atom is -0.385 e. The normalized spacial score (nSPS) is 17.0. The van der Waals surface area contributed by atoms with E-state index in [1.165, 1.54) is 0 Å². The van der Waals surface area contributed by atoms with Gasteiger partial charge in [0.15, 0.2) is 0 Å². The van der Waals surface area contributed by atoms with Crippen LogP contribution in [0.15, 0.2) is 18.2 Å². The molecule has 1 aromatic rings. The van der Waals surface area contributed by atoms with E-state index in [1.54, 1.807) is 19.2 Å². The van der Waals surface area contributed by atoms with Crippen molar-refractivity contribution in [2.45, 2.75) is 52.0 Å². The van der Waals surface area contributed by atoms with E-state index < -0.39 is 0 Å². The second-order valence-electron chi connectivity index (χ2n) is 6.84. The monoisotopic (exact) mass is 361 g/mol. The van der Waals surface area contributed by atoms with Gasteiger partial charge < -0.3 is 20.3 Å². The molecule has 0 aromatic heterocycles. The molecular formula is C20H31N3O3. The lowest BCUT2D eigenvalue weighted by molar-refractivity contribution is 0.0953. The standard InChI is InChI=1S/C20H31N3O3/c1-4-11-21-19(24)16-9-8-15(2)18(14-16)22-20(25)23-12-6-5-7-17(23)10-13-26-3/h8-9,14,17H,4-7,10-13H2,1-3H3,(H,21,24)(H,22,25)/t17-/m0/s1. The number of carbonyl (C=O) groups excluding carboxylic acids is 2. The van der Waals surface area contributed by atoms with E-state index in [9.17, 15) is 9.59 Å². The molecule has 0 saturated carbocycles. The molecule has 0 bridgehead atoms. The smallest absolute Gasteiger partial charge is 0.322 e. The molecule has 1 heterocycles. The predicted octanol–water partition coefficient (Wildman–Crippen LogP) is 3.56. The predicted molar refractivity (Wildman–Crippen MR) is 104 cm³/mol. The SMILES string of the molecule is CCCNC(=O)c1ccc(C)c(NC(=O)N2CCCC[C@H]2CCOC)c1. The van der Waals surface area contributed by atoms with E-state index in [0.717, 1.165) is 44.2 Å². The molecule has 2 N–H and O–H groups in total. The summed E-state index contributed by atoms with van der Waals surface area (Å²) in [6, 6.07) is 5.53. The number of hydrogen-bond acceptors (Lipinski definition) is 3. The summed E-state index contributed by atoms with van der Waals surface area (Å²) in [5, 5.41) is 5.87. The minimum atomic E-state index is -0.113. The number of nitrogens with one attached hydrogen (secondary N) is 2. The van der Waals surface area contributed by atoms with Crippen LogP contribution in [0.2, 0.25) is 0 Å². The Kier molecular flexibility index (Phi) is 7.91. The van der Waals surface area contributed by atoms with Crippen LogP contribution < -0.4 is 10.6 Å². The van der Waals surface area contributed by atoms with Crippen molar-refractivity contribution in [3.63, 3.8) is 0 Å². The molecule has 144 valence electrons. The van der Waals surface area contributed by atoms with Crippen LogP contribution in [0.4, 0.5) is 10.5 Å². The number of carbonyl (C=O) groups is 2. The number of hydrogen-bond donors (Lipinski definition) is 2. The van der Waals surface area contributed by atoms with Crippen LogP contribution in [0.25, 0.3) is 0 Å². The first-order valence-electron chi connectivity index (χ1n) is 9.52. The first-order chi connectivity index (χ1) is 12.6. The largest absolute Gasteiger partial charge is 0.385 e. The zero-order valence-electron chi connectivity index (χ0n) is 16.1. The number of aryl methyl sites for hydroxylation is 1. The number of methoxy groups -OCH3 is 1. The fourth-order valence-electron chi connectivity index (χ4n) is 3.25. The molecule has 1 aliphatic heterocycles. The van der Waals surface area contributed by atoms with Crippen molar-refractivity contribution < 1.29 is 14.3 Å². The Morgan fingerprint density at radius 2 is 2.12 bits per heavy atom. The maximum Gasteiger partial charge on any atom is 0.322 e. The molecule has 0 spiro atoms. The van der Waals surface area contributed by atoms with E-state index >= 15 is 0 Å². The molecule has 1 aliphatic rings. The van der Waals surface area contributed by atoms with Gasteiger partial charge in [0.25, 0.3) is 5.91 Å². The second-order valence-corrected chi connectivity index (χ2v) is 6.84. The molecule has 0 radical (unpaired) electrons. The van der Waals surface area contributed by atoms with Crippen molar-refractivity contribution in [1.82, 2.24) is 10.2 Å². The van der Waals surface area contributed by atoms with Crippen molar-refractivity contribution in [2.75, 3.05) is 32.1 Å². The third kappa shape index (κ3) is 5.46. The highest BCUT2D eigenvalue weighted by Gasteiger charge is 2.26. The van der Waals surface area contributed by atoms with Crippen LogP contribution in [0.5, 0.6) is 0 Å². The maximum absolute atomic E-state index is 12.8. The second kappa shape index (κ2) is 10.2. The average Bonchev–Trinajstić information content (AvgIpc) is 2.66. The molecule has 1 atom stereocenters. The van der Waals surface area contributed by atoms with Crippen LogP contribution in [-0.4, -0.2) is 49.7 Å². The molecule has 1 saturated heterocycles. The summed E-state index contributed by atoms with van der Waals surface area (Å²) >= 11 is 0. The lowest BCUT2D eigenvalue weighted by Crippen LogP contribution is -2.46. The number of anilines is 1. The van der Waals surface area contributed by atoms with E-state index in [4.69, 9.17) is 4.74 Å². The van der Waals surface area contributed by atoms with Gasteiger partial charge in [-0.25, -0.2) is 4.79 Å². The summed E-state index contributed by atoms with van der Waals surface area (Å²) in [4.78, 5) is 26.9. The topological polar surface area (TPSA) is 70.7 Å². The van der Waals surface area contributed by atoms with E-state index in [2.05, 4.69) is 10.6 Å². The Hall–Kier alpha value is -2.08. The Balaban J connectivity index is 2.08. The van der Waals surface area contributed by atoms with Crippen molar-refractivity contribution in [2.24, 2.45) is 0 Å². The quantitative estimate of drug-likeness (QED) is 0.780. The van der Waals surface area contributed by atoms with Crippen molar-refractivity contribution >= 4 is 17.6 Å². The number of ether oxygens (including phenoxy) is 1. The number of nitrogens with zero attached hydrogens (tertiary/aromatic N) is 1. The Morgan fingerprint density at radius 3 is 2.85 bits per heavy atom. The number of likely N-dealkylation sites (tertiary alicyclic amines) is 1. The lowest BCUT2D eigenvalue weighted by atomic mass is 10.00. The van der Waals surface area contributed by atoms with Crippen LogP contribution in [0, 0.1) is 6.92 Å². The number of urea groups is 1. The van der Waals surface area contributed by atoms with Gasteiger partial charge in [0.1, 0.15) is 0 Å². The van der Waals surface area contributed by atoms with Gasteiger partial charge in [0, 0.05) is 44.1 Å². The van der Waals surface area contributed by atoms with Gasteiger partial charge in [-0.1, -0.05) is 13.0 Å². The first kappa shape index (κ1) is 20.2. The van der Waals surface area contributed by atoms with Crippen molar-refractivity contribution in [3.8, 4) is 0 Å². The number of rotatable bonds is 7. The van der Waals surface area contributed by atoms with Crippen LogP contribution in [-0.2, 0) is 4.74 Å². The molecule has 6 nitrogen and oxygen atoms in total. The third-order valence-corrected chi connectivity index (χ3v) is 4.82. The average molecular weight is 361 g/mol. The van der Waals surface area contributed by atoms with E-state index in [-0.39, 0.29) is 18.0 Å². The van der Waals surface area contributed by atoms with Crippen molar-refractivity contribution in [1.29, 1.82) is 0 Å². The summed E-state index contributed by atoms with van der Waals surface area (Å²) in [7, 11) is 1.69. The van der Waals surface area contributed by atoms with Gasteiger partial charge in [-0.15, -0.1) is 0 Å². The van der Waals surface area contributed by atoms with Crippen molar-refractivity contribution in [3.05, 3.63) is 29.3 Å². The van der Waals surface area contributed by atoms with E-state index in [0.29, 0.717) is 24.4 Å². The number of piperidine rings is 1. The Morgan fingerprint density at radius 1 is 1.31 bits per heavy atom. The molecule has 1 aromatic carbocycles.